The van der Waals surface area contributed by atoms with E-state index in [2.05, 4.69) is 5.32 Å². The number of hydrogen-bond acceptors (Lipinski definition) is 5. The van der Waals surface area contributed by atoms with Gasteiger partial charge in [0.15, 0.2) is 0 Å². The van der Waals surface area contributed by atoms with Crippen LogP contribution in [0.3, 0.4) is 0 Å². The smallest absolute Gasteiger partial charge is 0.310 e. The largest absolute Gasteiger partial charge is 0.460 e. The predicted octanol–water partition coefficient (Wildman–Crippen LogP) is 2.49. The van der Waals surface area contributed by atoms with Crippen LogP contribution < -0.4 is 5.32 Å². The fourth-order valence-electron chi connectivity index (χ4n) is 3.65. The summed E-state index contributed by atoms with van der Waals surface area (Å²) in [6.45, 7) is 7.19. The van der Waals surface area contributed by atoms with Crippen molar-refractivity contribution < 1.29 is 22.7 Å². The fraction of sp³-hybridized carbons (Fsp3) is 0.619. The van der Waals surface area contributed by atoms with Gasteiger partial charge >= 0.3 is 5.97 Å². The summed E-state index contributed by atoms with van der Waals surface area (Å²) in [5, 5.41) is 2.97. The van der Waals surface area contributed by atoms with Gasteiger partial charge in [-0.3, -0.25) is 9.59 Å². The van der Waals surface area contributed by atoms with Gasteiger partial charge in [-0.25, -0.2) is 12.7 Å². The van der Waals surface area contributed by atoms with E-state index in [-0.39, 0.29) is 24.8 Å². The first-order valence-corrected chi connectivity index (χ1v) is 11.7. The maximum atomic E-state index is 13.0. The third kappa shape index (κ3) is 6.27. The molecule has 1 saturated carbocycles. The molecule has 7 nitrogen and oxygen atoms in total. The van der Waals surface area contributed by atoms with Crippen LogP contribution in [0, 0.1) is 11.8 Å². The van der Waals surface area contributed by atoms with E-state index in [0.717, 1.165) is 11.8 Å². The Hall–Kier alpha value is -1.93. The van der Waals surface area contributed by atoms with Gasteiger partial charge in [0.25, 0.3) is 0 Å². The van der Waals surface area contributed by atoms with Crippen molar-refractivity contribution in [2.24, 2.45) is 11.8 Å². The second-order valence-electron chi connectivity index (χ2n) is 8.79. The average Bonchev–Trinajstić information content (AvgIpc) is 3.05. The lowest BCUT2D eigenvalue weighted by Gasteiger charge is -2.25. The minimum Gasteiger partial charge on any atom is -0.460 e. The molecule has 0 radical (unpaired) electrons. The number of hydrogen-bond donors (Lipinski definition) is 1. The predicted molar refractivity (Wildman–Crippen MR) is 111 cm³/mol. The van der Waals surface area contributed by atoms with Crippen molar-refractivity contribution >= 4 is 21.9 Å². The van der Waals surface area contributed by atoms with Crippen molar-refractivity contribution in [3.8, 4) is 0 Å². The molecule has 0 heterocycles. The third-order valence-electron chi connectivity index (χ3n) is 5.28. The maximum Gasteiger partial charge on any atom is 0.310 e. The number of rotatable bonds is 6. The van der Waals surface area contributed by atoms with Crippen LogP contribution in [0.2, 0.25) is 0 Å². The minimum absolute atomic E-state index is 0.227. The van der Waals surface area contributed by atoms with Gasteiger partial charge in [-0.1, -0.05) is 30.3 Å². The topological polar surface area (TPSA) is 92.8 Å². The number of carbonyl (C=O) groups is 2. The van der Waals surface area contributed by atoms with Gasteiger partial charge < -0.3 is 10.1 Å². The Kier molecular flexibility index (Phi) is 7.11. The van der Waals surface area contributed by atoms with Gasteiger partial charge in [-0.05, 0) is 46.1 Å². The van der Waals surface area contributed by atoms with Crippen molar-refractivity contribution in [1.82, 2.24) is 9.62 Å². The highest BCUT2D eigenvalue weighted by atomic mass is 32.2. The zero-order valence-corrected chi connectivity index (χ0v) is 18.8. The summed E-state index contributed by atoms with van der Waals surface area (Å²) in [5.41, 5.74) is 0.272. The molecular formula is C21H32N2O5S. The Morgan fingerprint density at radius 2 is 1.69 bits per heavy atom. The molecule has 0 aliphatic heterocycles. The highest BCUT2D eigenvalue weighted by Crippen LogP contribution is 2.37. The van der Waals surface area contributed by atoms with Crippen LogP contribution in [0.1, 0.15) is 52.1 Å². The number of carbonyl (C=O) groups excluding carboxylic acids is 2. The van der Waals surface area contributed by atoms with Crippen molar-refractivity contribution in [3.63, 3.8) is 0 Å². The first kappa shape index (κ1) is 23.3. The summed E-state index contributed by atoms with van der Waals surface area (Å²) in [4.78, 5) is 25.8. The number of esters is 1. The van der Waals surface area contributed by atoms with Crippen LogP contribution in [0.5, 0.6) is 0 Å². The first-order valence-electron chi connectivity index (χ1n) is 9.81. The lowest BCUT2D eigenvalue weighted by molar-refractivity contribution is -0.162. The Morgan fingerprint density at radius 1 is 1.14 bits per heavy atom. The standard InChI is InChI=1S/C21H32N2O5S/c1-14(15-10-8-7-9-11-15)22-19(24)17-12-16(23(5)29(6,26)27)13-18(17)20(25)28-21(2,3)4/h7-11,14,16-18H,12-13H2,1-6H3,(H,22,24)/t14-,16-,17-,18-/m1/s1. The summed E-state index contributed by atoms with van der Waals surface area (Å²) in [5.74, 6) is -2.06. The van der Waals surface area contributed by atoms with E-state index in [0.29, 0.717) is 0 Å². The molecule has 0 unspecified atom stereocenters. The van der Waals surface area contributed by atoms with Gasteiger partial charge in [0.2, 0.25) is 15.9 Å². The average molecular weight is 425 g/mol. The van der Waals surface area contributed by atoms with E-state index in [1.165, 1.54) is 11.4 Å². The Bertz CT molecular complexity index is 832. The molecule has 0 spiro atoms. The lowest BCUT2D eigenvalue weighted by atomic mass is 9.94. The Morgan fingerprint density at radius 3 is 2.21 bits per heavy atom. The number of ether oxygens (including phenoxy) is 1. The van der Waals surface area contributed by atoms with E-state index in [4.69, 9.17) is 4.74 Å². The molecule has 0 saturated heterocycles. The zero-order valence-electron chi connectivity index (χ0n) is 18.0. The van der Waals surface area contributed by atoms with Gasteiger partial charge in [-0.15, -0.1) is 0 Å². The van der Waals surface area contributed by atoms with Crippen molar-refractivity contribution in [2.45, 2.75) is 58.2 Å². The summed E-state index contributed by atoms with van der Waals surface area (Å²) in [6.07, 6.45) is 1.66. The highest BCUT2D eigenvalue weighted by Gasteiger charge is 2.47. The van der Waals surface area contributed by atoms with Crippen molar-refractivity contribution in [2.75, 3.05) is 13.3 Å². The molecule has 2 rings (SSSR count). The Balaban J connectivity index is 2.21. The molecule has 1 amide bonds. The molecule has 1 aromatic carbocycles. The second kappa shape index (κ2) is 8.83. The lowest BCUT2D eigenvalue weighted by Crippen LogP contribution is -2.39. The molecule has 8 heteroatoms. The van der Waals surface area contributed by atoms with Crippen molar-refractivity contribution in [3.05, 3.63) is 35.9 Å². The molecule has 1 N–H and O–H groups in total. The van der Waals surface area contributed by atoms with Crippen LogP contribution >= 0.6 is 0 Å². The molecule has 4 atom stereocenters. The quantitative estimate of drug-likeness (QED) is 0.708. The molecule has 0 bridgehead atoms. The SMILES string of the molecule is C[C@@H](NC(=O)[C@@H]1C[C@@H](N(C)S(C)(=O)=O)C[C@H]1C(=O)OC(C)(C)C)c1ccccc1. The van der Waals surface area contributed by atoms with Gasteiger partial charge in [-0.2, -0.15) is 0 Å². The number of benzene rings is 1. The van der Waals surface area contributed by atoms with Crippen LogP contribution in [-0.4, -0.2) is 49.5 Å². The van der Waals surface area contributed by atoms with Crippen LogP contribution in [0.25, 0.3) is 0 Å². The first-order chi connectivity index (χ1) is 13.3. The van der Waals surface area contributed by atoms with E-state index < -0.39 is 39.5 Å². The fourth-order valence-corrected chi connectivity index (χ4v) is 4.37. The number of sulfonamides is 1. The van der Waals surface area contributed by atoms with Crippen LogP contribution in [-0.2, 0) is 24.3 Å². The van der Waals surface area contributed by atoms with Crippen LogP contribution in [0.4, 0.5) is 0 Å². The molecule has 1 aliphatic rings. The minimum atomic E-state index is -3.44. The molecule has 29 heavy (non-hydrogen) atoms. The van der Waals surface area contributed by atoms with E-state index >= 15 is 0 Å². The maximum absolute atomic E-state index is 13.0. The van der Waals surface area contributed by atoms with Gasteiger partial charge in [0.05, 0.1) is 24.1 Å². The van der Waals surface area contributed by atoms with E-state index in [1.54, 1.807) is 20.8 Å². The van der Waals surface area contributed by atoms with E-state index in [9.17, 15) is 18.0 Å². The monoisotopic (exact) mass is 424 g/mol. The molecule has 0 aromatic heterocycles. The molecule has 1 aliphatic carbocycles. The Labute approximate surface area is 173 Å². The zero-order chi connectivity index (χ0) is 22.0. The number of nitrogens with one attached hydrogen (secondary N) is 1. The summed E-state index contributed by atoms with van der Waals surface area (Å²) in [7, 11) is -1.95. The molecule has 1 fully saturated rings. The third-order valence-corrected chi connectivity index (χ3v) is 6.62. The molecule has 162 valence electrons. The number of nitrogens with zero attached hydrogens (tertiary/aromatic N) is 1. The van der Waals surface area contributed by atoms with Crippen LogP contribution in [0.15, 0.2) is 30.3 Å². The van der Waals surface area contributed by atoms with E-state index in [1.807, 2.05) is 37.3 Å². The molecule has 1 aromatic rings. The summed E-state index contributed by atoms with van der Waals surface area (Å²) >= 11 is 0. The van der Waals surface area contributed by atoms with Crippen molar-refractivity contribution in [1.29, 1.82) is 0 Å². The highest BCUT2D eigenvalue weighted by molar-refractivity contribution is 7.88. The summed E-state index contributed by atoms with van der Waals surface area (Å²) in [6, 6.07) is 8.89. The molecular weight excluding hydrogens is 392 g/mol. The van der Waals surface area contributed by atoms with Gasteiger partial charge in [0, 0.05) is 13.1 Å². The number of amides is 1. The summed E-state index contributed by atoms with van der Waals surface area (Å²) < 4.78 is 30.7. The second-order valence-corrected chi connectivity index (χ2v) is 10.8. The van der Waals surface area contributed by atoms with Gasteiger partial charge in [0.1, 0.15) is 5.60 Å². The normalized spacial score (nSPS) is 23.6.